The predicted octanol–water partition coefficient (Wildman–Crippen LogP) is 4.12. The molecular weight excluding hydrogens is 454 g/mol. The Morgan fingerprint density at radius 1 is 0.771 bits per heavy atom. The van der Waals surface area contributed by atoms with Gasteiger partial charge in [0.15, 0.2) is 5.78 Å². The second-order valence-electron chi connectivity index (χ2n) is 7.50. The summed E-state index contributed by atoms with van der Waals surface area (Å²) in [5.74, 6) is -2.82. The molecule has 35 heavy (non-hydrogen) atoms. The number of Topliss-reactive ketones (excluding diaryl/α,β-unsaturated/α-hetero) is 1. The van der Waals surface area contributed by atoms with Gasteiger partial charge in [-0.3, -0.25) is 19.6 Å². The van der Waals surface area contributed by atoms with Gasteiger partial charge in [0.25, 0.3) is 11.8 Å². The van der Waals surface area contributed by atoms with Crippen LogP contribution in [0.25, 0.3) is 0 Å². The number of carboxylic acid groups (broad SMARTS) is 1. The zero-order valence-corrected chi connectivity index (χ0v) is 18.9. The van der Waals surface area contributed by atoms with E-state index in [2.05, 4.69) is 20.8 Å². The van der Waals surface area contributed by atoms with Crippen molar-refractivity contribution in [1.29, 1.82) is 0 Å². The van der Waals surface area contributed by atoms with Crippen LogP contribution in [0, 0.1) is 0 Å². The van der Waals surface area contributed by atoms with Crippen LogP contribution >= 0.6 is 0 Å². The maximum absolute atomic E-state index is 12.9. The van der Waals surface area contributed by atoms with Gasteiger partial charge in [-0.05, 0) is 73.2 Å². The topological polar surface area (TPSA) is 154 Å². The van der Waals surface area contributed by atoms with Gasteiger partial charge in [-0.1, -0.05) is 0 Å². The summed E-state index contributed by atoms with van der Waals surface area (Å²) < 4.78 is 0. The molecule has 0 atom stereocenters. The minimum atomic E-state index is -1.35. The van der Waals surface area contributed by atoms with E-state index >= 15 is 0 Å². The number of aromatic carboxylic acids is 1. The van der Waals surface area contributed by atoms with E-state index in [1.165, 1.54) is 6.92 Å². The second kappa shape index (κ2) is 11.1. The molecule has 0 saturated carbocycles. The summed E-state index contributed by atoms with van der Waals surface area (Å²) >= 11 is 0. The van der Waals surface area contributed by atoms with Gasteiger partial charge in [-0.25, -0.2) is 9.68 Å². The van der Waals surface area contributed by atoms with Gasteiger partial charge in [0, 0.05) is 40.8 Å². The van der Waals surface area contributed by atoms with Crippen molar-refractivity contribution in [3.05, 3.63) is 88.5 Å². The van der Waals surface area contributed by atoms with Gasteiger partial charge in [0.1, 0.15) is 6.61 Å². The first kappa shape index (κ1) is 25.1. The van der Waals surface area contributed by atoms with Crippen molar-refractivity contribution < 1.29 is 34.4 Å². The molecule has 3 aromatic rings. The number of nitrogens with one attached hydrogen (secondary N) is 3. The molecule has 0 bridgehead atoms. The fourth-order valence-electron chi connectivity index (χ4n) is 3.34. The zero-order chi connectivity index (χ0) is 25.5. The average Bonchev–Trinajstić information content (AvgIpc) is 2.84. The van der Waals surface area contributed by atoms with Crippen LogP contribution in [0.3, 0.4) is 0 Å². The van der Waals surface area contributed by atoms with Crippen LogP contribution in [0.15, 0.2) is 60.7 Å². The van der Waals surface area contributed by atoms with Crippen molar-refractivity contribution in [1.82, 2.24) is 0 Å². The number of benzene rings is 3. The Bertz CT molecular complexity index is 1270. The van der Waals surface area contributed by atoms with Crippen LogP contribution in [-0.2, 0) is 11.5 Å². The fourth-order valence-corrected chi connectivity index (χ4v) is 3.34. The smallest absolute Gasteiger partial charge is 0.336 e. The summed E-state index contributed by atoms with van der Waals surface area (Å²) in [5.41, 5.74) is 1.84. The number of carbonyl (C=O) groups is 4. The third-order valence-corrected chi connectivity index (χ3v) is 5.15. The molecule has 0 spiro atoms. The molecule has 0 saturated heterocycles. The lowest BCUT2D eigenvalue weighted by Gasteiger charge is -2.13. The molecule has 10 nitrogen and oxygen atoms in total. The van der Waals surface area contributed by atoms with E-state index in [0.29, 0.717) is 16.9 Å². The standard InChI is InChI=1S/C25H23N3O7/c1-14(29)20-12-21(16(13-35-34)11-22(20)25(32)33)24(31)28-19-9-7-18(8-10-19)27-23(30)15-3-5-17(26-2)6-4-15/h3-12,26,34H,13H2,1-2H3,(H,27,30)(H,28,31)(H,32,33). The molecule has 0 unspecified atom stereocenters. The van der Waals surface area contributed by atoms with E-state index in [1.54, 1.807) is 55.6 Å². The largest absolute Gasteiger partial charge is 0.478 e. The number of amides is 2. The monoisotopic (exact) mass is 477 g/mol. The lowest BCUT2D eigenvalue weighted by Crippen LogP contribution is -2.18. The predicted molar refractivity (Wildman–Crippen MR) is 129 cm³/mol. The fraction of sp³-hybridized carbons (Fsp3) is 0.120. The first-order chi connectivity index (χ1) is 16.7. The Balaban J connectivity index is 1.77. The first-order valence-electron chi connectivity index (χ1n) is 10.4. The lowest BCUT2D eigenvalue weighted by molar-refractivity contribution is -0.253. The summed E-state index contributed by atoms with van der Waals surface area (Å²) in [7, 11) is 1.78. The Labute approximate surface area is 200 Å². The van der Waals surface area contributed by atoms with Crippen molar-refractivity contribution in [3.8, 4) is 0 Å². The highest BCUT2D eigenvalue weighted by Gasteiger charge is 2.21. The van der Waals surface area contributed by atoms with Crippen LogP contribution in [0.5, 0.6) is 0 Å². The molecule has 180 valence electrons. The summed E-state index contributed by atoms with van der Waals surface area (Å²) in [4.78, 5) is 52.8. The SMILES string of the molecule is CNc1ccc(C(=O)Nc2ccc(NC(=O)c3cc(C(C)=O)c(C(=O)O)cc3COO)cc2)cc1. The molecule has 0 fully saturated rings. The van der Waals surface area contributed by atoms with Crippen LogP contribution in [0.2, 0.25) is 0 Å². The molecule has 0 aliphatic heterocycles. The number of hydrogen-bond donors (Lipinski definition) is 5. The highest BCUT2D eigenvalue weighted by atomic mass is 17.1. The van der Waals surface area contributed by atoms with Gasteiger partial charge in [-0.2, -0.15) is 0 Å². The van der Waals surface area contributed by atoms with Gasteiger partial charge in [0.05, 0.1) is 5.56 Å². The third-order valence-electron chi connectivity index (χ3n) is 5.15. The Morgan fingerprint density at radius 3 is 1.80 bits per heavy atom. The Kier molecular flexibility index (Phi) is 7.92. The molecule has 0 radical (unpaired) electrons. The van der Waals surface area contributed by atoms with Crippen molar-refractivity contribution in [2.75, 3.05) is 23.0 Å². The summed E-state index contributed by atoms with van der Waals surface area (Å²) in [6.07, 6.45) is 0. The molecule has 0 heterocycles. The Morgan fingerprint density at radius 2 is 1.31 bits per heavy atom. The van der Waals surface area contributed by atoms with Crippen LogP contribution < -0.4 is 16.0 Å². The lowest BCUT2D eigenvalue weighted by atomic mass is 9.96. The highest BCUT2D eigenvalue weighted by molar-refractivity contribution is 6.11. The number of rotatable bonds is 9. The van der Waals surface area contributed by atoms with E-state index in [0.717, 1.165) is 17.8 Å². The van der Waals surface area contributed by atoms with Gasteiger partial charge >= 0.3 is 5.97 Å². The second-order valence-corrected chi connectivity index (χ2v) is 7.50. The average molecular weight is 477 g/mol. The van der Waals surface area contributed by atoms with E-state index in [9.17, 15) is 24.3 Å². The van der Waals surface area contributed by atoms with Gasteiger partial charge < -0.3 is 21.1 Å². The van der Waals surface area contributed by atoms with E-state index in [1.807, 2.05) is 0 Å². The van der Waals surface area contributed by atoms with Crippen molar-refractivity contribution >= 4 is 40.6 Å². The molecule has 0 aliphatic rings. The van der Waals surface area contributed by atoms with Crippen molar-refractivity contribution in [2.24, 2.45) is 0 Å². The van der Waals surface area contributed by atoms with E-state index < -0.39 is 24.3 Å². The maximum atomic E-state index is 12.9. The summed E-state index contributed by atoms with van der Waals surface area (Å²) in [6.45, 7) is 0.731. The minimum Gasteiger partial charge on any atom is -0.478 e. The molecule has 3 aromatic carbocycles. The van der Waals surface area contributed by atoms with E-state index in [4.69, 9.17) is 5.26 Å². The zero-order valence-electron chi connectivity index (χ0n) is 18.9. The number of carboxylic acids is 1. The number of anilines is 3. The van der Waals surface area contributed by atoms with Gasteiger partial charge in [0.2, 0.25) is 0 Å². The molecule has 0 aromatic heterocycles. The minimum absolute atomic E-state index is 0.0309. The molecule has 3 rings (SSSR count). The summed E-state index contributed by atoms with van der Waals surface area (Å²) in [5, 5.41) is 26.6. The number of carbonyl (C=O) groups excluding carboxylic acids is 3. The van der Waals surface area contributed by atoms with Crippen LogP contribution in [-0.4, -0.2) is 41.0 Å². The molecule has 0 aliphatic carbocycles. The highest BCUT2D eigenvalue weighted by Crippen LogP contribution is 2.22. The summed E-state index contributed by atoms with van der Waals surface area (Å²) in [6, 6.07) is 15.5. The molecule has 10 heteroatoms. The third kappa shape index (κ3) is 6.08. The normalized spacial score (nSPS) is 10.4. The van der Waals surface area contributed by atoms with Crippen LogP contribution in [0.1, 0.15) is 53.9 Å². The maximum Gasteiger partial charge on any atom is 0.336 e. The Hall–Kier alpha value is -4.54. The molecular formula is C25H23N3O7. The first-order valence-corrected chi connectivity index (χ1v) is 10.4. The van der Waals surface area contributed by atoms with Crippen molar-refractivity contribution in [3.63, 3.8) is 0 Å². The molecule has 5 N–H and O–H groups in total. The number of hydrogen-bond acceptors (Lipinski definition) is 7. The van der Waals surface area contributed by atoms with Crippen molar-refractivity contribution in [2.45, 2.75) is 13.5 Å². The van der Waals surface area contributed by atoms with Crippen LogP contribution in [0.4, 0.5) is 17.1 Å². The number of ketones is 1. The van der Waals surface area contributed by atoms with Gasteiger partial charge in [-0.15, -0.1) is 0 Å². The molecule has 2 amide bonds. The van der Waals surface area contributed by atoms with E-state index in [-0.39, 0.29) is 28.2 Å². The quantitative estimate of drug-likeness (QED) is 0.175.